The van der Waals surface area contributed by atoms with Crippen LogP contribution in [-0.2, 0) is 0 Å². The number of rotatable bonds is 4. The molecule has 1 heterocycles. The summed E-state index contributed by atoms with van der Waals surface area (Å²) in [5, 5.41) is 6.48. The van der Waals surface area contributed by atoms with Crippen LogP contribution in [0.15, 0.2) is 34.1 Å². The van der Waals surface area contributed by atoms with Crippen molar-refractivity contribution >= 4 is 38.9 Å². The highest BCUT2D eigenvalue weighted by atomic mass is 79.9. The predicted octanol–water partition coefficient (Wildman–Crippen LogP) is 5.17. The van der Waals surface area contributed by atoms with Crippen molar-refractivity contribution in [2.24, 2.45) is 0 Å². The quantitative estimate of drug-likeness (QED) is 0.806. The Morgan fingerprint density at radius 1 is 1.33 bits per heavy atom. The second-order valence-corrected chi connectivity index (χ2v) is 6.53. The molecule has 0 spiro atoms. The van der Waals surface area contributed by atoms with Gasteiger partial charge in [-0.15, -0.1) is 11.3 Å². The molecule has 96 valence electrons. The lowest BCUT2D eigenvalue weighted by atomic mass is 10.0. The van der Waals surface area contributed by atoms with E-state index in [4.69, 9.17) is 11.6 Å². The van der Waals surface area contributed by atoms with E-state index >= 15 is 0 Å². The average molecular weight is 345 g/mol. The first-order valence-electron chi connectivity index (χ1n) is 5.85. The van der Waals surface area contributed by atoms with Crippen molar-refractivity contribution in [1.82, 2.24) is 5.32 Å². The van der Waals surface area contributed by atoms with Crippen LogP contribution in [-0.4, -0.2) is 6.54 Å². The van der Waals surface area contributed by atoms with Crippen LogP contribution in [0.3, 0.4) is 0 Å². The Hall–Kier alpha value is -0.350. The third kappa shape index (κ3) is 3.15. The summed E-state index contributed by atoms with van der Waals surface area (Å²) in [6, 6.07) is 8.56. The Labute approximate surface area is 125 Å². The lowest BCUT2D eigenvalue weighted by molar-refractivity contribution is 0.632. The summed E-state index contributed by atoms with van der Waals surface area (Å²) in [4.78, 5) is 1.33. The molecule has 0 amide bonds. The summed E-state index contributed by atoms with van der Waals surface area (Å²) in [5.41, 5.74) is 2.54. The van der Waals surface area contributed by atoms with Crippen LogP contribution in [0.2, 0.25) is 5.02 Å². The van der Waals surface area contributed by atoms with Gasteiger partial charge in [0.1, 0.15) is 0 Å². The van der Waals surface area contributed by atoms with Gasteiger partial charge in [0.2, 0.25) is 0 Å². The van der Waals surface area contributed by atoms with Gasteiger partial charge in [0, 0.05) is 9.35 Å². The lowest BCUT2D eigenvalue weighted by Crippen LogP contribution is -2.21. The van der Waals surface area contributed by atoms with E-state index in [0.717, 1.165) is 16.0 Å². The maximum atomic E-state index is 6.05. The lowest BCUT2D eigenvalue weighted by Gasteiger charge is -2.18. The van der Waals surface area contributed by atoms with Gasteiger partial charge in [-0.1, -0.05) is 24.6 Å². The van der Waals surface area contributed by atoms with Gasteiger partial charge in [0.25, 0.3) is 0 Å². The normalized spacial score (nSPS) is 12.7. The zero-order valence-corrected chi connectivity index (χ0v) is 13.5. The van der Waals surface area contributed by atoms with E-state index in [9.17, 15) is 0 Å². The van der Waals surface area contributed by atoms with Crippen LogP contribution >= 0.6 is 38.9 Å². The molecule has 0 radical (unpaired) electrons. The number of hydrogen-bond donors (Lipinski definition) is 1. The summed E-state index contributed by atoms with van der Waals surface area (Å²) in [5.74, 6) is 0. The minimum Gasteiger partial charge on any atom is -0.307 e. The Morgan fingerprint density at radius 3 is 2.67 bits per heavy atom. The van der Waals surface area contributed by atoms with Gasteiger partial charge in [0.05, 0.1) is 11.1 Å². The average Bonchev–Trinajstić information content (AvgIpc) is 2.76. The second-order valence-electron chi connectivity index (χ2n) is 4.15. The molecule has 0 fully saturated rings. The number of thiophene rings is 1. The van der Waals surface area contributed by atoms with Crippen LogP contribution in [0.5, 0.6) is 0 Å². The molecule has 1 aromatic carbocycles. The largest absolute Gasteiger partial charge is 0.307 e. The minimum atomic E-state index is 0.230. The first-order chi connectivity index (χ1) is 8.61. The van der Waals surface area contributed by atoms with Crippen molar-refractivity contribution in [3.05, 3.63) is 55.1 Å². The Bertz CT molecular complexity index is 538. The van der Waals surface area contributed by atoms with Gasteiger partial charge in [-0.05, 0) is 64.1 Å². The highest BCUT2D eigenvalue weighted by molar-refractivity contribution is 9.10. The highest BCUT2D eigenvalue weighted by Crippen LogP contribution is 2.30. The van der Waals surface area contributed by atoms with E-state index in [1.807, 2.05) is 6.07 Å². The number of benzene rings is 1. The van der Waals surface area contributed by atoms with Crippen molar-refractivity contribution in [3.8, 4) is 0 Å². The van der Waals surface area contributed by atoms with Gasteiger partial charge in [-0.2, -0.15) is 0 Å². The standard InChI is InChI=1S/C14H15BrClNS/c1-3-17-14(11-6-9(2)18-8-11)10-4-5-13(16)12(15)7-10/h4-8,14,17H,3H2,1-2H3. The summed E-state index contributed by atoms with van der Waals surface area (Å²) in [7, 11) is 0. The molecule has 2 aromatic rings. The Balaban J connectivity index is 2.37. The maximum absolute atomic E-state index is 6.05. The molecule has 2 rings (SSSR count). The second kappa shape index (κ2) is 6.20. The molecular weight excluding hydrogens is 330 g/mol. The molecule has 4 heteroatoms. The van der Waals surface area contributed by atoms with Crippen molar-refractivity contribution in [2.75, 3.05) is 6.54 Å². The molecule has 1 aromatic heterocycles. The van der Waals surface area contributed by atoms with E-state index < -0.39 is 0 Å². The molecular formula is C14H15BrClNS. The summed E-state index contributed by atoms with van der Waals surface area (Å²) in [6.07, 6.45) is 0. The summed E-state index contributed by atoms with van der Waals surface area (Å²) in [6.45, 7) is 5.19. The molecule has 0 bridgehead atoms. The van der Waals surface area contributed by atoms with Crippen LogP contribution in [0.4, 0.5) is 0 Å². The van der Waals surface area contributed by atoms with E-state index in [1.165, 1.54) is 16.0 Å². The topological polar surface area (TPSA) is 12.0 Å². The van der Waals surface area contributed by atoms with E-state index in [1.54, 1.807) is 11.3 Å². The Morgan fingerprint density at radius 2 is 2.11 bits per heavy atom. The number of aryl methyl sites for hydroxylation is 1. The van der Waals surface area contributed by atoms with Gasteiger partial charge < -0.3 is 5.32 Å². The summed E-state index contributed by atoms with van der Waals surface area (Å²) >= 11 is 11.3. The fraction of sp³-hybridized carbons (Fsp3) is 0.286. The molecule has 0 saturated carbocycles. The van der Waals surface area contributed by atoms with Crippen LogP contribution < -0.4 is 5.32 Å². The van der Waals surface area contributed by atoms with E-state index in [-0.39, 0.29) is 6.04 Å². The SMILES string of the molecule is CCNC(c1csc(C)c1)c1ccc(Cl)c(Br)c1. The zero-order chi connectivity index (χ0) is 13.1. The maximum Gasteiger partial charge on any atom is 0.0585 e. The van der Waals surface area contributed by atoms with Gasteiger partial charge in [-0.3, -0.25) is 0 Å². The van der Waals surface area contributed by atoms with Gasteiger partial charge in [0.15, 0.2) is 0 Å². The third-order valence-electron chi connectivity index (χ3n) is 2.77. The number of halogens is 2. The molecule has 1 unspecified atom stereocenters. The van der Waals surface area contributed by atoms with E-state index in [2.05, 4.69) is 58.7 Å². The predicted molar refractivity (Wildman–Crippen MR) is 83.7 cm³/mol. The highest BCUT2D eigenvalue weighted by Gasteiger charge is 2.15. The molecule has 0 aliphatic heterocycles. The smallest absolute Gasteiger partial charge is 0.0585 e. The Kier molecular flexibility index (Phi) is 4.84. The fourth-order valence-electron chi connectivity index (χ4n) is 1.94. The van der Waals surface area contributed by atoms with Crippen LogP contribution in [0.25, 0.3) is 0 Å². The van der Waals surface area contributed by atoms with Crippen molar-refractivity contribution < 1.29 is 0 Å². The molecule has 0 aliphatic carbocycles. The fourth-order valence-corrected chi connectivity index (χ4v) is 3.18. The summed E-state index contributed by atoms with van der Waals surface area (Å²) < 4.78 is 0.941. The molecule has 0 aliphatic rings. The number of nitrogens with one attached hydrogen (secondary N) is 1. The molecule has 0 saturated heterocycles. The molecule has 1 N–H and O–H groups in total. The van der Waals surface area contributed by atoms with Gasteiger partial charge >= 0.3 is 0 Å². The van der Waals surface area contributed by atoms with Crippen molar-refractivity contribution in [2.45, 2.75) is 19.9 Å². The third-order valence-corrected chi connectivity index (χ3v) is 4.86. The van der Waals surface area contributed by atoms with Gasteiger partial charge in [-0.25, -0.2) is 0 Å². The molecule has 18 heavy (non-hydrogen) atoms. The molecule has 1 atom stereocenters. The first-order valence-corrected chi connectivity index (χ1v) is 7.90. The zero-order valence-electron chi connectivity index (χ0n) is 10.3. The van der Waals surface area contributed by atoms with Crippen LogP contribution in [0, 0.1) is 6.92 Å². The minimum absolute atomic E-state index is 0.230. The first kappa shape index (κ1) is 14.1. The van der Waals surface area contributed by atoms with Crippen molar-refractivity contribution in [3.63, 3.8) is 0 Å². The monoisotopic (exact) mass is 343 g/mol. The van der Waals surface area contributed by atoms with Crippen LogP contribution in [0.1, 0.15) is 29.0 Å². The number of hydrogen-bond acceptors (Lipinski definition) is 2. The van der Waals surface area contributed by atoms with E-state index in [0.29, 0.717) is 0 Å². The van der Waals surface area contributed by atoms with Crippen molar-refractivity contribution in [1.29, 1.82) is 0 Å². The molecule has 1 nitrogen and oxygen atoms in total.